The number of rotatable bonds is 82. The summed E-state index contributed by atoms with van der Waals surface area (Å²) in [5.74, 6) is -0.810. The maximum atomic E-state index is 12.8. The number of phosphoric ester groups is 1. The van der Waals surface area contributed by atoms with Crippen LogP contribution in [0.4, 0.5) is 0 Å². The molecule has 0 spiro atoms. The quantitative estimate of drug-likeness (QED) is 0.0264. The molecule has 101 heavy (non-hydrogen) atoms. The average molecular weight is 1430 g/mol. The average Bonchev–Trinajstić information content (AvgIpc) is 1.04. The first kappa shape index (κ1) is 97.7. The van der Waals surface area contributed by atoms with Crippen molar-refractivity contribution in [1.29, 1.82) is 0 Å². The number of unbranched alkanes of at least 4 members (excludes halogenated alkanes) is 51. The molecule has 0 heterocycles. The highest BCUT2D eigenvalue weighted by molar-refractivity contribution is 7.47. The van der Waals surface area contributed by atoms with Gasteiger partial charge in [-0.25, -0.2) is 4.57 Å². The second kappa shape index (κ2) is 85.6. The first-order chi connectivity index (χ1) is 49.8. The minimum atomic E-state index is -4.40. The molecule has 10 heteroatoms. The van der Waals surface area contributed by atoms with E-state index in [1.165, 1.54) is 302 Å². The second-order valence-corrected chi connectivity index (χ2v) is 30.5. The molecule has 0 rings (SSSR count). The van der Waals surface area contributed by atoms with Gasteiger partial charge in [0.15, 0.2) is 6.10 Å². The Balaban J connectivity index is 3.77. The van der Waals surface area contributed by atoms with Crippen molar-refractivity contribution < 1.29 is 37.6 Å². The number of phosphoric acid groups is 1. The maximum Gasteiger partial charge on any atom is 0.472 e. The molecule has 0 saturated heterocycles. The van der Waals surface area contributed by atoms with Gasteiger partial charge in [0.05, 0.1) is 13.2 Å². The molecular weight excluding hydrogens is 1270 g/mol. The maximum absolute atomic E-state index is 12.8. The van der Waals surface area contributed by atoms with Crippen LogP contribution in [0.1, 0.15) is 425 Å². The number of ether oxygens (including phenoxy) is 2. The van der Waals surface area contributed by atoms with Crippen molar-refractivity contribution in [3.8, 4) is 0 Å². The molecule has 0 aromatic rings. The molecule has 0 aliphatic rings. The van der Waals surface area contributed by atoms with E-state index >= 15 is 0 Å². The summed E-state index contributed by atoms with van der Waals surface area (Å²) in [5, 5.41) is 0. The third kappa shape index (κ3) is 85.5. The van der Waals surface area contributed by atoms with Gasteiger partial charge < -0.3 is 20.1 Å². The third-order valence-electron chi connectivity index (χ3n) is 19.1. The third-order valence-corrected chi connectivity index (χ3v) is 20.1. The molecule has 2 atom stereocenters. The van der Waals surface area contributed by atoms with E-state index in [-0.39, 0.29) is 38.6 Å². The van der Waals surface area contributed by atoms with E-state index in [4.69, 9.17) is 24.3 Å². The van der Waals surface area contributed by atoms with Gasteiger partial charge in [-0.3, -0.25) is 18.6 Å². The lowest BCUT2D eigenvalue weighted by atomic mass is 10.0. The highest BCUT2D eigenvalue weighted by atomic mass is 31.2. The highest BCUT2D eigenvalue weighted by Crippen LogP contribution is 2.43. The number of allylic oxidation sites excluding steroid dienone is 18. The predicted molar refractivity (Wildman–Crippen MR) is 441 cm³/mol. The van der Waals surface area contributed by atoms with Crippen molar-refractivity contribution in [2.45, 2.75) is 431 Å². The SMILES string of the molecule is CC/C=C\C/C=C\C/C=C\C/C=C\C/C=C\C/C=C\C/C=C\C/C=C\CCCCCCCCCCCCCCCCCCC(=O)OC(COC(=O)CCCCCCCCCCCCCCCCCCCCCCCCCCCCC/C=C\CCCCCCCCCC)COP(=O)(O)OCCN. The lowest BCUT2D eigenvalue weighted by molar-refractivity contribution is -0.161. The Kier molecular flexibility index (Phi) is 82.8. The van der Waals surface area contributed by atoms with Gasteiger partial charge in [-0.2, -0.15) is 0 Å². The van der Waals surface area contributed by atoms with Crippen molar-refractivity contribution in [1.82, 2.24) is 0 Å². The predicted octanol–water partition coefficient (Wildman–Crippen LogP) is 29.5. The van der Waals surface area contributed by atoms with E-state index in [2.05, 4.69) is 123 Å². The molecule has 0 radical (unpaired) electrons. The van der Waals surface area contributed by atoms with E-state index in [1.54, 1.807) is 0 Å². The highest BCUT2D eigenvalue weighted by Gasteiger charge is 2.26. The van der Waals surface area contributed by atoms with Crippen LogP contribution in [0.2, 0.25) is 0 Å². The molecular formula is C91H164NO8P. The molecule has 586 valence electrons. The van der Waals surface area contributed by atoms with Crippen molar-refractivity contribution in [2.75, 3.05) is 26.4 Å². The lowest BCUT2D eigenvalue weighted by Gasteiger charge is -2.19. The summed E-state index contributed by atoms with van der Waals surface area (Å²) in [5.41, 5.74) is 5.42. The summed E-state index contributed by atoms with van der Waals surface area (Å²) in [4.78, 5) is 35.5. The van der Waals surface area contributed by atoms with Gasteiger partial charge in [0.25, 0.3) is 0 Å². The number of esters is 2. The molecule has 0 aliphatic carbocycles. The molecule has 0 aliphatic heterocycles. The van der Waals surface area contributed by atoms with Gasteiger partial charge in [-0.1, -0.05) is 419 Å². The van der Waals surface area contributed by atoms with Crippen LogP contribution in [0.3, 0.4) is 0 Å². The van der Waals surface area contributed by atoms with Gasteiger partial charge in [-0.15, -0.1) is 0 Å². The van der Waals surface area contributed by atoms with Crippen LogP contribution < -0.4 is 5.73 Å². The molecule has 9 nitrogen and oxygen atoms in total. The topological polar surface area (TPSA) is 134 Å². The Hall–Kier alpha value is -3.33. The van der Waals surface area contributed by atoms with Crippen LogP contribution in [0.25, 0.3) is 0 Å². The second-order valence-electron chi connectivity index (χ2n) is 29.0. The summed E-state index contributed by atoms with van der Waals surface area (Å²) < 4.78 is 33.3. The monoisotopic (exact) mass is 1430 g/mol. The Labute approximate surface area is 626 Å². The zero-order valence-corrected chi connectivity index (χ0v) is 67.3. The minimum Gasteiger partial charge on any atom is -0.462 e. The van der Waals surface area contributed by atoms with Crippen molar-refractivity contribution in [2.24, 2.45) is 5.73 Å². The molecule has 0 amide bonds. The fourth-order valence-electron chi connectivity index (χ4n) is 12.8. The van der Waals surface area contributed by atoms with E-state index < -0.39 is 26.5 Å². The Bertz CT molecular complexity index is 2040. The zero-order valence-electron chi connectivity index (χ0n) is 66.4. The molecule has 0 fully saturated rings. The van der Waals surface area contributed by atoms with E-state index in [0.29, 0.717) is 6.42 Å². The molecule has 0 bridgehead atoms. The molecule has 3 N–H and O–H groups in total. The van der Waals surface area contributed by atoms with Crippen molar-refractivity contribution in [3.05, 3.63) is 109 Å². The fourth-order valence-corrected chi connectivity index (χ4v) is 13.5. The lowest BCUT2D eigenvalue weighted by Crippen LogP contribution is -2.29. The summed E-state index contributed by atoms with van der Waals surface area (Å²) in [7, 11) is -4.40. The van der Waals surface area contributed by atoms with Crippen LogP contribution in [0.5, 0.6) is 0 Å². The normalized spacial score (nSPS) is 13.3. The molecule has 2 unspecified atom stereocenters. The van der Waals surface area contributed by atoms with Crippen molar-refractivity contribution >= 4 is 19.8 Å². The summed E-state index contributed by atoms with van der Waals surface area (Å²) in [6, 6.07) is 0. The largest absolute Gasteiger partial charge is 0.472 e. The molecule has 0 aromatic carbocycles. The number of nitrogens with two attached hydrogens (primary N) is 1. The van der Waals surface area contributed by atoms with Gasteiger partial charge >= 0.3 is 19.8 Å². The van der Waals surface area contributed by atoms with E-state index in [1.807, 2.05) is 0 Å². The van der Waals surface area contributed by atoms with Crippen LogP contribution in [0.15, 0.2) is 109 Å². The summed E-state index contributed by atoms with van der Waals surface area (Å²) in [6.45, 7) is 3.69. The minimum absolute atomic E-state index is 0.0527. The first-order valence-corrected chi connectivity index (χ1v) is 44.9. The van der Waals surface area contributed by atoms with Crippen LogP contribution in [-0.2, 0) is 32.7 Å². The number of hydrogen-bond acceptors (Lipinski definition) is 8. The number of carbonyl (C=O) groups is 2. The van der Waals surface area contributed by atoms with Crippen LogP contribution in [0, 0.1) is 0 Å². The smallest absolute Gasteiger partial charge is 0.462 e. The first-order valence-electron chi connectivity index (χ1n) is 43.4. The van der Waals surface area contributed by atoms with Crippen molar-refractivity contribution in [3.63, 3.8) is 0 Å². The summed E-state index contributed by atoms with van der Waals surface area (Å²) in [6.07, 6.45) is 120. The summed E-state index contributed by atoms with van der Waals surface area (Å²) >= 11 is 0. The Morgan fingerprint density at radius 3 is 0.822 bits per heavy atom. The van der Waals surface area contributed by atoms with Gasteiger partial charge in [0, 0.05) is 19.4 Å². The zero-order chi connectivity index (χ0) is 72.9. The van der Waals surface area contributed by atoms with Gasteiger partial charge in [-0.05, 0) is 103 Å². The van der Waals surface area contributed by atoms with Gasteiger partial charge in [0.1, 0.15) is 6.61 Å². The Morgan fingerprint density at radius 1 is 0.307 bits per heavy atom. The standard InChI is InChI=1S/C91H164NO8P/c1-3-5-7-9-11-13-15-17-19-21-23-25-27-29-31-33-35-37-39-41-43-44-46-48-50-52-54-56-58-60-62-64-66-68-70-72-74-76-78-80-82-84-91(94)100-89(88-99-101(95,96)98-86-85-92)87-97-90(93)83-81-79-77-75-73-71-69-67-65-63-61-59-57-55-53-51-49-47-45-42-40-38-36-34-32-30-28-26-24-22-20-18-16-14-12-10-8-6-4-2/h5,7,11,13,17,19,22-25,29,31,35,37,41,43,46,48,89H,3-4,6,8-10,12,14-16,18,20-21,26-28,30,32-34,36,38-40,42,44-45,47,49-88,92H2,1-2H3,(H,95,96)/b7-5-,13-11-,19-17-,24-22-,25-23-,31-29-,37-35-,43-41-,48-46-. The molecule has 0 aromatic heterocycles. The van der Waals surface area contributed by atoms with Crippen LogP contribution >= 0.6 is 7.82 Å². The van der Waals surface area contributed by atoms with Gasteiger partial charge in [0.2, 0.25) is 0 Å². The Morgan fingerprint density at radius 2 is 0.545 bits per heavy atom. The molecule has 0 saturated carbocycles. The van der Waals surface area contributed by atoms with E-state index in [0.717, 1.165) is 89.9 Å². The number of carbonyl (C=O) groups excluding carboxylic acids is 2. The van der Waals surface area contributed by atoms with E-state index in [9.17, 15) is 19.0 Å². The van der Waals surface area contributed by atoms with Crippen LogP contribution in [-0.4, -0.2) is 49.3 Å². The number of hydrogen-bond donors (Lipinski definition) is 2. The fraction of sp³-hybridized carbons (Fsp3) is 0.780.